The monoisotopic (exact) mass is 468 g/mol. The number of hydrogen-bond donors (Lipinski definition) is 8. The Kier molecular flexibility index (Phi) is 10.9. The van der Waals surface area contributed by atoms with Gasteiger partial charge in [-0.25, -0.2) is 4.79 Å². The Hall–Kier alpha value is -3.55. The predicted octanol–water partition coefficient (Wildman–Crippen LogP) is -3.06. The Morgan fingerprint density at radius 3 is 1.97 bits per heavy atom. The number of hydrogen-bond acceptors (Lipinski definition) is 8. The first kappa shape index (κ1) is 27.5. The molecule has 0 aromatic heterocycles. The Bertz CT molecular complexity index is 847. The predicted molar refractivity (Wildman–Crippen MR) is 113 cm³/mol. The first-order valence-corrected chi connectivity index (χ1v) is 9.90. The van der Waals surface area contributed by atoms with Crippen LogP contribution in [0.15, 0.2) is 30.3 Å². The molecule has 33 heavy (non-hydrogen) atoms. The molecule has 0 radical (unpaired) electrons. The van der Waals surface area contributed by atoms with Gasteiger partial charge in [-0.15, -0.1) is 0 Å². The van der Waals surface area contributed by atoms with Gasteiger partial charge in [0, 0.05) is 6.42 Å². The highest BCUT2D eigenvalue weighted by Crippen LogP contribution is 2.04. The topological polar surface area (TPSA) is 228 Å². The van der Waals surface area contributed by atoms with Crippen LogP contribution in [0.3, 0.4) is 0 Å². The zero-order valence-electron chi connectivity index (χ0n) is 17.8. The molecule has 3 amide bonds. The lowest BCUT2D eigenvalue weighted by Gasteiger charge is -2.25. The fraction of sp³-hybridized carbons (Fsp3) is 0.450. The van der Waals surface area contributed by atoms with E-state index in [2.05, 4.69) is 16.0 Å². The van der Waals surface area contributed by atoms with Crippen molar-refractivity contribution in [1.82, 2.24) is 16.0 Å². The van der Waals surface area contributed by atoms with E-state index < -0.39 is 73.0 Å². The normalized spacial score (nSPS) is 15.3. The van der Waals surface area contributed by atoms with Crippen LogP contribution in [0.4, 0.5) is 0 Å². The first-order valence-electron chi connectivity index (χ1n) is 9.90. The zero-order valence-corrected chi connectivity index (χ0v) is 17.8. The minimum absolute atomic E-state index is 0.0537. The molecule has 0 fully saturated rings. The zero-order chi connectivity index (χ0) is 25.1. The van der Waals surface area contributed by atoms with Crippen molar-refractivity contribution in [2.24, 2.45) is 5.73 Å². The van der Waals surface area contributed by atoms with Crippen molar-refractivity contribution in [2.75, 3.05) is 6.61 Å². The van der Waals surface area contributed by atoms with Gasteiger partial charge in [-0.3, -0.25) is 19.2 Å². The van der Waals surface area contributed by atoms with Crippen molar-refractivity contribution < 1.29 is 44.4 Å². The lowest BCUT2D eigenvalue weighted by atomic mass is 10.1. The van der Waals surface area contributed by atoms with Crippen molar-refractivity contribution >= 4 is 29.7 Å². The number of nitrogens with two attached hydrogens (primary N) is 1. The van der Waals surface area contributed by atoms with Gasteiger partial charge >= 0.3 is 11.9 Å². The molecule has 0 heterocycles. The molecule has 1 rings (SSSR count). The van der Waals surface area contributed by atoms with Crippen molar-refractivity contribution in [3.05, 3.63) is 35.9 Å². The SMILES string of the molecule is CC(O)C(NC(=O)C(N)CC(=O)O)C(=O)NC(CO)C(=O)NC(Cc1ccccc1)C(=O)O. The smallest absolute Gasteiger partial charge is 0.326 e. The summed E-state index contributed by atoms with van der Waals surface area (Å²) in [4.78, 5) is 59.2. The molecule has 0 saturated carbocycles. The molecule has 13 heteroatoms. The largest absolute Gasteiger partial charge is 0.481 e. The van der Waals surface area contributed by atoms with E-state index in [-0.39, 0.29) is 6.42 Å². The van der Waals surface area contributed by atoms with Crippen LogP contribution in [-0.4, -0.2) is 87.0 Å². The summed E-state index contributed by atoms with van der Waals surface area (Å²) in [6.07, 6.45) is -2.25. The minimum atomic E-state index is -1.63. The Morgan fingerprint density at radius 2 is 1.48 bits per heavy atom. The number of nitrogens with one attached hydrogen (secondary N) is 3. The van der Waals surface area contributed by atoms with Crippen molar-refractivity contribution in [2.45, 2.75) is 50.0 Å². The molecule has 9 N–H and O–H groups in total. The van der Waals surface area contributed by atoms with Crippen LogP contribution >= 0.6 is 0 Å². The number of aliphatic hydroxyl groups excluding tert-OH is 2. The molecule has 0 aliphatic rings. The second-order valence-electron chi connectivity index (χ2n) is 7.26. The summed E-state index contributed by atoms with van der Waals surface area (Å²) < 4.78 is 0. The van der Waals surface area contributed by atoms with Crippen LogP contribution in [0.2, 0.25) is 0 Å². The molecule has 13 nitrogen and oxygen atoms in total. The molecule has 0 aliphatic heterocycles. The number of carbonyl (C=O) groups excluding carboxylic acids is 3. The summed E-state index contributed by atoms with van der Waals surface area (Å²) in [7, 11) is 0. The molecule has 0 bridgehead atoms. The maximum absolute atomic E-state index is 12.5. The van der Waals surface area contributed by atoms with Gasteiger partial charge < -0.3 is 42.1 Å². The van der Waals surface area contributed by atoms with E-state index in [4.69, 9.17) is 10.8 Å². The van der Waals surface area contributed by atoms with Gasteiger partial charge in [0.1, 0.15) is 18.1 Å². The van der Waals surface area contributed by atoms with Crippen LogP contribution in [0.5, 0.6) is 0 Å². The lowest BCUT2D eigenvalue weighted by molar-refractivity contribution is -0.142. The summed E-state index contributed by atoms with van der Waals surface area (Å²) in [6.45, 7) is 0.246. The van der Waals surface area contributed by atoms with E-state index in [1.165, 1.54) is 0 Å². The number of aliphatic carboxylic acids is 2. The van der Waals surface area contributed by atoms with Gasteiger partial charge in [0.05, 0.1) is 25.2 Å². The first-order chi connectivity index (χ1) is 15.5. The highest BCUT2D eigenvalue weighted by Gasteiger charge is 2.32. The highest BCUT2D eigenvalue weighted by atomic mass is 16.4. The molecule has 0 saturated heterocycles. The highest BCUT2D eigenvalue weighted by molar-refractivity contribution is 5.95. The van der Waals surface area contributed by atoms with Gasteiger partial charge in [0.2, 0.25) is 17.7 Å². The third-order valence-electron chi connectivity index (χ3n) is 4.51. The summed E-state index contributed by atoms with van der Waals surface area (Å²) in [5.74, 6) is -5.80. The number of amides is 3. The molecule has 5 unspecified atom stereocenters. The van der Waals surface area contributed by atoms with Gasteiger partial charge in [0.25, 0.3) is 0 Å². The van der Waals surface area contributed by atoms with Gasteiger partial charge in [-0.2, -0.15) is 0 Å². The molecular weight excluding hydrogens is 440 g/mol. The van der Waals surface area contributed by atoms with E-state index in [0.717, 1.165) is 6.92 Å². The van der Waals surface area contributed by atoms with Crippen molar-refractivity contribution in [3.63, 3.8) is 0 Å². The van der Waals surface area contributed by atoms with Crippen molar-refractivity contribution in [3.8, 4) is 0 Å². The molecule has 182 valence electrons. The quantitative estimate of drug-likeness (QED) is 0.146. The minimum Gasteiger partial charge on any atom is -0.481 e. The molecule has 5 atom stereocenters. The third-order valence-corrected chi connectivity index (χ3v) is 4.51. The average Bonchev–Trinajstić information content (AvgIpc) is 2.74. The Labute approximate surface area is 189 Å². The molecule has 1 aromatic rings. The molecule has 0 aliphatic carbocycles. The van der Waals surface area contributed by atoms with Crippen LogP contribution in [0.25, 0.3) is 0 Å². The second kappa shape index (κ2) is 13.1. The van der Waals surface area contributed by atoms with Crippen molar-refractivity contribution in [1.29, 1.82) is 0 Å². The number of carbonyl (C=O) groups is 5. The van der Waals surface area contributed by atoms with Gasteiger partial charge in [-0.05, 0) is 12.5 Å². The number of carboxylic acids is 2. The van der Waals surface area contributed by atoms with Crippen LogP contribution < -0.4 is 21.7 Å². The van der Waals surface area contributed by atoms with Crippen LogP contribution in [0, 0.1) is 0 Å². The van der Waals surface area contributed by atoms with E-state index in [1.54, 1.807) is 30.3 Å². The van der Waals surface area contributed by atoms with E-state index in [0.29, 0.717) is 5.56 Å². The fourth-order valence-electron chi connectivity index (χ4n) is 2.72. The molecular formula is C20H28N4O9. The van der Waals surface area contributed by atoms with E-state index >= 15 is 0 Å². The molecule has 0 spiro atoms. The fourth-order valence-corrected chi connectivity index (χ4v) is 2.72. The second-order valence-corrected chi connectivity index (χ2v) is 7.26. The Balaban J connectivity index is 2.84. The van der Waals surface area contributed by atoms with E-state index in [1.807, 2.05) is 0 Å². The number of carboxylic acid groups (broad SMARTS) is 2. The number of rotatable bonds is 13. The van der Waals surface area contributed by atoms with Gasteiger partial charge in [0.15, 0.2) is 0 Å². The van der Waals surface area contributed by atoms with Crippen LogP contribution in [0.1, 0.15) is 18.9 Å². The Morgan fingerprint density at radius 1 is 0.909 bits per heavy atom. The third kappa shape index (κ3) is 9.22. The summed E-state index contributed by atoms with van der Waals surface area (Å²) in [6, 6.07) is 2.38. The maximum Gasteiger partial charge on any atom is 0.326 e. The van der Waals surface area contributed by atoms with Gasteiger partial charge in [-0.1, -0.05) is 30.3 Å². The van der Waals surface area contributed by atoms with E-state index in [9.17, 15) is 39.3 Å². The maximum atomic E-state index is 12.5. The lowest BCUT2D eigenvalue weighted by Crippen LogP contribution is -2.60. The summed E-state index contributed by atoms with van der Waals surface area (Å²) >= 11 is 0. The van der Waals surface area contributed by atoms with Crippen LogP contribution in [-0.2, 0) is 30.4 Å². The molecule has 1 aromatic carbocycles. The number of benzene rings is 1. The summed E-state index contributed by atoms with van der Waals surface area (Å²) in [5, 5.41) is 43.9. The average molecular weight is 468 g/mol. The summed E-state index contributed by atoms with van der Waals surface area (Å²) in [5.41, 5.74) is 6.05. The standard InChI is InChI=1S/C20H28N4O9/c1-10(26)16(24-17(29)12(21)8-15(27)28)19(31)23-14(9-25)18(30)22-13(20(32)33)7-11-5-3-2-4-6-11/h2-6,10,12-14,16,25-26H,7-9,21H2,1H3,(H,22,30)(H,23,31)(H,24,29)(H,27,28)(H,32,33). The number of aliphatic hydroxyl groups is 2.